The first-order valence-electron chi connectivity index (χ1n) is 8.05. The second-order valence-electron chi connectivity index (χ2n) is 5.45. The maximum atomic E-state index is 5.02. The average molecular weight is 495 g/mol. The van der Waals surface area contributed by atoms with Crippen LogP contribution in [0.2, 0.25) is 0 Å². The van der Waals surface area contributed by atoms with Gasteiger partial charge in [0, 0.05) is 16.5 Å². The van der Waals surface area contributed by atoms with Crippen molar-refractivity contribution in [3.8, 4) is 0 Å². The summed E-state index contributed by atoms with van der Waals surface area (Å²) in [5, 5.41) is 2.88. The van der Waals surface area contributed by atoms with Crippen LogP contribution in [0, 0.1) is 0 Å². The molecule has 0 N–H and O–H groups in total. The summed E-state index contributed by atoms with van der Waals surface area (Å²) in [6, 6.07) is 15.3. The van der Waals surface area contributed by atoms with Gasteiger partial charge in [-0.2, -0.15) is 9.81 Å². The van der Waals surface area contributed by atoms with E-state index in [0.29, 0.717) is 21.2 Å². The molecular weight excluding hydrogens is 483 g/mol. The zero-order chi connectivity index (χ0) is 19.9. The van der Waals surface area contributed by atoms with Crippen LogP contribution in [0.15, 0.2) is 71.7 Å². The van der Waals surface area contributed by atoms with E-state index in [-0.39, 0.29) is 16.5 Å². The van der Waals surface area contributed by atoms with Gasteiger partial charge in [-0.25, -0.2) is 20.8 Å². The number of hydrogen-bond donors (Lipinski definition) is 0. The van der Waals surface area contributed by atoms with E-state index in [1.807, 2.05) is 48.5 Å². The fourth-order valence-corrected chi connectivity index (χ4v) is 2.71. The first-order chi connectivity index (χ1) is 13.6. The Morgan fingerprint density at radius 2 is 0.966 bits per heavy atom. The summed E-state index contributed by atoms with van der Waals surface area (Å²) in [6.45, 7) is 0. The van der Waals surface area contributed by atoms with Gasteiger partial charge in [0.1, 0.15) is 0 Å². The Labute approximate surface area is 200 Å². The minimum atomic E-state index is 0. The van der Waals surface area contributed by atoms with Crippen LogP contribution in [0.4, 0.5) is 0 Å². The molecule has 0 unspecified atom stereocenters. The predicted octanol–water partition coefficient (Wildman–Crippen LogP) is 4.04. The monoisotopic (exact) mass is 494 g/mol. The summed E-state index contributed by atoms with van der Waals surface area (Å²) < 4.78 is 0. The number of hydrogen-bond acceptors (Lipinski definition) is 8. The number of benzene rings is 2. The zero-order valence-corrected chi connectivity index (χ0v) is 18.9. The Kier molecular flexibility index (Phi) is 9.01. The second kappa shape index (κ2) is 11.2. The van der Waals surface area contributed by atoms with Crippen molar-refractivity contribution in [3.05, 3.63) is 83.1 Å². The topological polar surface area (TPSA) is 51.6 Å². The second-order valence-corrected chi connectivity index (χ2v) is 6.80. The van der Waals surface area contributed by atoms with E-state index < -0.39 is 0 Å². The van der Waals surface area contributed by atoms with Crippen molar-refractivity contribution < 1.29 is 16.5 Å². The molecule has 29 heavy (non-hydrogen) atoms. The average Bonchev–Trinajstić information content (AvgIpc) is 2.77. The van der Waals surface area contributed by atoms with Gasteiger partial charge in [-0.1, -0.05) is 24.3 Å². The van der Waals surface area contributed by atoms with Crippen molar-refractivity contribution in [2.45, 2.75) is 0 Å². The zero-order valence-electron chi connectivity index (χ0n) is 14.7. The molecule has 4 rings (SSSR count). The van der Waals surface area contributed by atoms with Crippen LogP contribution in [0.1, 0.15) is 11.4 Å². The fraction of sp³-hybridized carbons (Fsp3) is 0. The van der Waals surface area contributed by atoms with Crippen molar-refractivity contribution in [2.75, 3.05) is 0 Å². The van der Waals surface area contributed by atoms with Gasteiger partial charge in [-0.05, 0) is 24.3 Å². The normalized spacial score (nSPS) is 11.4. The molecule has 0 aliphatic rings. The van der Waals surface area contributed by atoms with Gasteiger partial charge in [-0.3, -0.25) is 9.97 Å². The van der Waals surface area contributed by atoms with E-state index in [1.54, 1.807) is 12.4 Å². The van der Waals surface area contributed by atoms with Crippen molar-refractivity contribution >= 4 is 82.4 Å². The van der Waals surface area contributed by atoms with E-state index in [0.717, 1.165) is 22.1 Å². The molecule has 4 aromatic rings. The Morgan fingerprint density at radius 3 is 1.31 bits per heavy atom. The summed E-state index contributed by atoms with van der Waals surface area (Å²) in [5.41, 5.74) is 4.72. The van der Waals surface area contributed by atoms with Crippen LogP contribution in [-0.2, 0) is 67.0 Å². The molecule has 2 aromatic heterocycles. The summed E-state index contributed by atoms with van der Waals surface area (Å²) >= 11 is 19.5. The molecule has 2 aromatic carbocycles. The molecule has 150 valence electrons. The molecule has 0 fully saturated rings. The Hall–Kier alpha value is -2.03. The standard InChI is InChI=1S/2C10H8N2S2.Ni/c2*13-6-10(14)9-5-11-7-3-1-2-4-8(7)12-9;/h2*1-6,13-14H;/p-4/b2*10-6-;. The third-order valence-electron chi connectivity index (χ3n) is 3.62. The molecule has 0 atom stereocenters. The largest absolute Gasteiger partial charge is 0.789 e. The van der Waals surface area contributed by atoms with Crippen LogP contribution in [-0.4, -0.2) is 19.9 Å². The van der Waals surface area contributed by atoms with Gasteiger partial charge in [-0.15, -0.1) is 0 Å². The van der Waals surface area contributed by atoms with Crippen molar-refractivity contribution in [2.24, 2.45) is 0 Å². The smallest absolute Gasteiger partial charge is 0.0893 e. The maximum absolute atomic E-state index is 5.02. The van der Waals surface area contributed by atoms with Gasteiger partial charge in [0.25, 0.3) is 0 Å². The molecule has 0 aliphatic heterocycles. The van der Waals surface area contributed by atoms with Gasteiger partial charge < -0.3 is 50.5 Å². The third-order valence-corrected chi connectivity index (χ3v) is 5.04. The van der Waals surface area contributed by atoms with Gasteiger partial charge >= 0.3 is 0 Å². The van der Waals surface area contributed by atoms with Crippen molar-refractivity contribution in [3.63, 3.8) is 0 Å². The van der Waals surface area contributed by atoms with Gasteiger partial charge in [0.05, 0.1) is 45.8 Å². The van der Waals surface area contributed by atoms with Crippen LogP contribution in [0.25, 0.3) is 31.9 Å². The van der Waals surface area contributed by atoms with E-state index in [2.05, 4.69) is 19.9 Å². The third kappa shape index (κ3) is 5.98. The molecule has 9 heteroatoms. The maximum Gasteiger partial charge on any atom is 0.0893 e. The van der Waals surface area contributed by atoms with Crippen LogP contribution in [0.5, 0.6) is 0 Å². The minimum Gasteiger partial charge on any atom is -0.789 e. The number of nitrogens with zero attached hydrogens (tertiary/aromatic N) is 4. The molecule has 2 heterocycles. The molecule has 0 saturated carbocycles. The van der Waals surface area contributed by atoms with Crippen LogP contribution in [0.3, 0.4) is 0 Å². The summed E-state index contributed by atoms with van der Waals surface area (Å²) in [4.78, 5) is 18.3. The number of aromatic nitrogens is 4. The minimum absolute atomic E-state index is 0. The van der Waals surface area contributed by atoms with Gasteiger partial charge in [0.2, 0.25) is 0 Å². The van der Waals surface area contributed by atoms with Crippen molar-refractivity contribution in [1.29, 1.82) is 0 Å². The Morgan fingerprint density at radius 1 is 0.621 bits per heavy atom. The van der Waals surface area contributed by atoms with Crippen molar-refractivity contribution in [1.82, 2.24) is 19.9 Å². The first kappa shape index (κ1) is 23.3. The molecule has 0 aliphatic carbocycles. The number of fused-ring (bicyclic) bond motifs is 2. The van der Waals surface area contributed by atoms with Crippen LogP contribution >= 0.6 is 0 Å². The number of rotatable bonds is 2. The molecule has 0 radical (unpaired) electrons. The Balaban J connectivity index is 0.000000200. The summed E-state index contributed by atoms with van der Waals surface area (Å²) in [6.07, 6.45) is 3.29. The molecule has 0 amide bonds. The van der Waals surface area contributed by atoms with E-state index in [4.69, 9.17) is 50.5 Å². The van der Waals surface area contributed by atoms with Crippen LogP contribution < -0.4 is 0 Å². The van der Waals surface area contributed by atoms with E-state index >= 15 is 0 Å². The summed E-state index contributed by atoms with van der Waals surface area (Å²) in [7, 11) is 0. The molecule has 0 spiro atoms. The summed E-state index contributed by atoms with van der Waals surface area (Å²) in [5.74, 6) is 0. The quantitative estimate of drug-likeness (QED) is 0.305. The van der Waals surface area contributed by atoms with E-state index in [1.165, 1.54) is 10.8 Å². The predicted molar refractivity (Wildman–Crippen MR) is 124 cm³/mol. The van der Waals surface area contributed by atoms with Gasteiger partial charge in [0.15, 0.2) is 0 Å². The SMILES string of the molecule is [Ni].[S-]/C=C(\[S-])c1cnc2ccccc2n1.[S-]/C=C(\[S-])c1cnc2ccccc2n1. The molecule has 4 nitrogen and oxygen atoms in total. The molecular formula is C20H12N4NiS4-4. The fourth-order valence-electron chi connectivity index (χ4n) is 2.27. The molecule has 0 saturated heterocycles. The van der Waals surface area contributed by atoms with E-state index in [9.17, 15) is 0 Å². The number of para-hydroxylation sites is 4. The Bertz CT molecular complexity index is 1090. The molecule has 0 bridgehead atoms. The first-order valence-corrected chi connectivity index (χ1v) is 9.81.